The van der Waals surface area contributed by atoms with Gasteiger partial charge in [-0.15, -0.1) is 0 Å². The molecule has 0 aliphatic rings. The van der Waals surface area contributed by atoms with Crippen LogP contribution in [-0.4, -0.2) is 0 Å². The first-order valence-electron chi connectivity index (χ1n) is 13.4. The molecule has 3 heteroatoms. The molecule has 0 atom stereocenters. The van der Waals surface area contributed by atoms with Crippen LogP contribution in [-0.2, 0) is 6.61 Å². The van der Waals surface area contributed by atoms with E-state index in [0.29, 0.717) is 18.0 Å². The zero-order valence-corrected chi connectivity index (χ0v) is 22.2. The van der Waals surface area contributed by atoms with E-state index in [1.54, 1.807) is 0 Å². The van der Waals surface area contributed by atoms with Crippen molar-refractivity contribution in [2.24, 2.45) is 0 Å². The molecular weight excluding hydrogens is 488 g/mol. The average molecular weight is 519 g/mol. The molecule has 0 saturated carbocycles. The predicted molar refractivity (Wildman–Crippen MR) is 167 cm³/mol. The largest absolute Gasteiger partial charge is 0.487 e. The molecule has 0 unspecified atom stereocenters. The number of hydrogen-bond donors (Lipinski definition) is 1. The van der Waals surface area contributed by atoms with Crippen molar-refractivity contribution in [1.82, 2.24) is 0 Å². The van der Waals surface area contributed by atoms with E-state index >= 15 is 0 Å². The van der Waals surface area contributed by atoms with Gasteiger partial charge in [0.15, 0.2) is 0 Å². The van der Waals surface area contributed by atoms with Crippen molar-refractivity contribution in [2.75, 3.05) is 10.6 Å². The summed E-state index contributed by atoms with van der Waals surface area (Å²) in [6.45, 7) is 0.482. The van der Waals surface area contributed by atoms with E-state index in [1.165, 1.54) is 22.3 Å². The van der Waals surface area contributed by atoms with E-state index in [9.17, 15) is 0 Å². The number of benzene rings is 6. The van der Waals surface area contributed by atoms with Gasteiger partial charge in [-0.2, -0.15) is 0 Å². The third-order valence-corrected chi connectivity index (χ3v) is 6.97. The van der Waals surface area contributed by atoms with Crippen molar-refractivity contribution in [3.63, 3.8) is 0 Å². The maximum Gasteiger partial charge on any atom is 0.142 e. The molecule has 3 nitrogen and oxygen atoms in total. The minimum atomic E-state index is 0.482. The van der Waals surface area contributed by atoms with Crippen LogP contribution in [0.2, 0.25) is 0 Å². The number of hydrogen-bond acceptors (Lipinski definition) is 3. The molecule has 0 heterocycles. The number of ether oxygens (including phenoxy) is 1. The molecule has 0 bridgehead atoms. The summed E-state index contributed by atoms with van der Waals surface area (Å²) in [5.74, 6) is 0.711. The Kier molecular flexibility index (Phi) is 7.27. The van der Waals surface area contributed by atoms with E-state index in [2.05, 4.69) is 126 Å². The monoisotopic (exact) mass is 518 g/mol. The second-order valence-corrected chi connectivity index (χ2v) is 9.65. The SMILES string of the molecule is Nc1ccccc1OCc1ccc(-c2ccc(-c3ccc(N(c4ccccc4)c4ccccc4)cc3)cc2)cc1. The van der Waals surface area contributed by atoms with Crippen molar-refractivity contribution >= 4 is 22.7 Å². The normalized spacial score (nSPS) is 10.7. The topological polar surface area (TPSA) is 38.5 Å². The summed E-state index contributed by atoms with van der Waals surface area (Å²) in [4.78, 5) is 2.27. The molecule has 6 aromatic rings. The molecule has 0 fully saturated rings. The van der Waals surface area contributed by atoms with Gasteiger partial charge in [-0.3, -0.25) is 0 Å². The van der Waals surface area contributed by atoms with Gasteiger partial charge in [0.2, 0.25) is 0 Å². The smallest absolute Gasteiger partial charge is 0.142 e. The first-order chi connectivity index (χ1) is 19.7. The Hall–Kier alpha value is -5.28. The summed E-state index contributed by atoms with van der Waals surface area (Å²) in [6.07, 6.45) is 0. The minimum absolute atomic E-state index is 0.482. The van der Waals surface area contributed by atoms with Crippen LogP contribution in [0.3, 0.4) is 0 Å². The van der Waals surface area contributed by atoms with Crippen LogP contribution < -0.4 is 15.4 Å². The highest BCUT2D eigenvalue weighted by molar-refractivity contribution is 5.78. The van der Waals surface area contributed by atoms with Crippen molar-refractivity contribution in [3.8, 4) is 28.0 Å². The molecule has 6 rings (SSSR count). The van der Waals surface area contributed by atoms with Gasteiger partial charge in [-0.05, 0) is 76.3 Å². The Morgan fingerprint density at radius 2 is 0.825 bits per heavy atom. The van der Waals surface area contributed by atoms with Crippen LogP contribution in [0.4, 0.5) is 22.7 Å². The molecule has 194 valence electrons. The lowest BCUT2D eigenvalue weighted by molar-refractivity contribution is 0.308. The highest BCUT2D eigenvalue weighted by Crippen LogP contribution is 2.35. The maximum absolute atomic E-state index is 5.98. The summed E-state index contributed by atoms with van der Waals surface area (Å²) in [5, 5.41) is 0. The third kappa shape index (κ3) is 5.59. The lowest BCUT2D eigenvalue weighted by atomic mass is 9.99. The quantitative estimate of drug-likeness (QED) is 0.204. The molecule has 0 aliphatic heterocycles. The summed E-state index contributed by atoms with van der Waals surface area (Å²) in [5.41, 5.74) is 15.8. The lowest BCUT2D eigenvalue weighted by Gasteiger charge is -2.25. The fourth-order valence-corrected chi connectivity index (χ4v) is 4.83. The molecule has 0 saturated heterocycles. The van der Waals surface area contributed by atoms with E-state index in [4.69, 9.17) is 10.5 Å². The molecule has 0 amide bonds. The van der Waals surface area contributed by atoms with Crippen LogP contribution in [0.15, 0.2) is 158 Å². The molecule has 40 heavy (non-hydrogen) atoms. The van der Waals surface area contributed by atoms with Crippen molar-refractivity contribution < 1.29 is 4.74 Å². The third-order valence-electron chi connectivity index (χ3n) is 6.97. The number of nitrogen functional groups attached to an aromatic ring is 1. The molecular formula is C37H30N2O. The summed E-state index contributed by atoms with van der Waals surface area (Å²) >= 11 is 0. The van der Waals surface area contributed by atoms with Crippen LogP contribution in [0.1, 0.15) is 5.56 Å². The fraction of sp³-hybridized carbons (Fsp3) is 0.0270. The Balaban J connectivity index is 1.16. The second-order valence-electron chi connectivity index (χ2n) is 9.65. The van der Waals surface area contributed by atoms with Crippen molar-refractivity contribution in [1.29, 1.82) is 0 Å². The van der Waals surface area contributed by atoms with Gasteiger partial charge in [-0.1, -0.05) is 109 Å². The van der Waals surface area contributed by atoms with Crippen LogP contribution in [0, 0.1) is 0 Å². The summed E-state index contributed by atoms with van der Waals surface area (Å²) < 4.78 is 5.88. The van der Waals surface area contributed by atoms with Gasteiger partial charge in [0.05, 0.1) is 5.69 Å². The van der Waals surface area contributed by atoms with Gasteiger partial charge in [-0.25, -0.2) is 0 Å². The molecule has 0 spiro atoms. The highest BCUT2D eigenvalue weighted by atomic mass is 16.5. The average Bonchev–Trinajstić information content (AvgIpc) is 3.03. The van der Waals surface area contributed by atoms with E-state index in [1.807, 2.05) is 36.4 Å². The molecule has 0 radical (unpaired) electrons. The highest BCUT2D eigenvalue weighted by Gasteiger charge is 2.12. The van der Waals surface area contributed by atoms with Gasteiger partial charge in [0.1, 0.15) is 12.4 Å². The first kappa shape index (κ1) is 25.0. The first-order valence-corrected chi connectivity index (χ1v) is 13.4. The zero-order chi connectivity index (χ0) is 27.1. The standard InChI is InChI=1S/C37H30N2O/c38-36-13-7-8-14-37(36)40-27-28-15-17-29(18-16-28)30-19-21-31(22-20-30)32-23-25-35(26-24-32)39(33-9-3-1-4-10-33)34-11-5-2-6-12-34/h1-26H,27,38H2. The molecule has 0 aliphatic carbocycles. The molecule has 0 aromatic heterocycles. The van der Waals surface area contributed by atoms with Gasteiger partial charge in [0, 0.05) is 17.1 Å². The minimum Gasteiger partial charge on any atom is -0.487 e. The Labute approximate surface area is 235 Å². The Bertz CT molecular complexity index is 1620. The number of nitrogens with two attached hydrogens (primary N) is 1. The van der Waals surface area contributed by atoms with E-state index in [0.717, 1.165) is 22.6 Å². The van der Waals surface area contributed by atoms with Crippen LogP contribution in [0.5, 0.6) is 5.75 Å². The van der Waals surface area contributed by atoms with Gasteiger partial charge >= 0.3 is 0 Å². The van der Waals surface area contributed by atoms with E-state index < -0.39 is 0 Å². The van der Waals surface area contributed by atoms with Crippen molar-refractivity contribution in [3.05, 3.63) is 163 Å². The summed E-state index contributed by atoms with van der Waals surface area (Å²) in [6, 6.07) is 54.5. The predicted octanol–water partition coefficient (Wildman–Crippen LogP) is 9.65. The van der Waals surface area contributed by atoms with Crippen molar-refractivity contribution in [2.45, 2.75) is 6.61 Å². The summed E-state index contributed by atoms with van der Waals surface area (Å²) in [7, 11) is 0. The molecule has 6 aromatic carbocycles. The fourth-order valence-electron chi connectivity index (χ4n) is 4.83. The number of anilines is 4. The Morgan fingerprint density at radius 1 is 0.425 bits per heavy atom. The van der Waals surface area contributed by atoms with Gasteiger partial charge < -0.3 is 15.4 Å². The number of para-hydroxylation sites is 4. The Morgan fingerprint density at radius 3 is 1.32 bits per heavy atom. The van der Waals surface area contributed by atoms with Crippen LogP contribution in [0.25, 0.3) is 22.3 Å². The van der Waals surface area contributed by atoms with E-state index in [-0.39, 0.29) is 0 Å². The second kappa shape index (κ2) is 11.6. The number of rotatable bonds is 8. The number of nitrogens with zero attached hydrogens (tertiary/aromatic N) is 1. The lowest BCUT2D eigenvalue weighted by Crippen LogP contribution is -2.09. The molecule has 2 N–H and O–H groups in total. The van der Waals surface area contributed by atoms with Crippen LogP contribution >= 0.6 is 0 Å². The van der Waals surface area contributed by atoms with Gasteiger partial charge in [0.25, 0.3) is 0 Å². The maximum atomic E-state index is 5.98. The zero-order valence-electron chi connectivity index (χ0n) is 22.2.